The monoisotopic (exact) mass is 375 g/mol. The van der Waals surface area contributed by atoms with E-state index in [0.29, 0.717) is 11.8 Å². The van der Waals surface area contributed by atoms with Gasteiger partial charge in [0.1, 0.15) is 11.6 Å². The number of nitrogens with zero attached hydrogens (tertiary/aromatic N) is 5. The van der Waals surface area contributed by atoms with Gasteiger partial charge in [0.25, 0.3) is 0 Å². The number of likely N-dealkylation sites (tertiary alicyclic amines) is 1. The zero-order valence-electron chi connectivity index (χ0n) is 16.4. The Hall–Kier alpha value is -2.73. The van der Waals surface area contributed by atoms with Crippen molar-refractivity contribution in [2.45, 2.75) is 20.4 Å². The van der Waals surface area contributed by atoms with Crippen LogP contribution in [0.5, 0.6) is 0 Å². The van der Waals surface area contributed by atoms with E-state index in [-0.39, 0.29) is 0 Å². The van der Waals surface area contributed by atoms with Gasteiger partial charge in [0, 0.05) is 43.9 Å². The standard InChI is InChI=1S/C22H25N5O/c1-15-20(16(2)28-25-15)14-26-10-18-12-27(13-19(18)11-26)22-9-23-21(8-24-22)17-6-4-3-5-7-17/h3-9,18-19H,10-14H2,1-2H3. The van der Waals surface area contributed by atoms with Crippen molar-refractivity contribution in [1.29, 1.82) is 0 Å². The van der Waals surface area contributed by atoms with Gasteiger partial charge in [-0.1, -0.05) is 35.5 Å². The van der Waals surface area contributed by atoms with E-state index in [1.807, 2.05) is 44.4 Å². The Labute approximate surface area is 165 Å². The molecule has 28 heavy (non-hydrogen) atoms. The molecule has 0 radical (unpaired) electrons. The molecular weight excluding hydrogens is 350 g/mol. The lowest BCUT2D eigenvalue weighted by molar-refractivity contribution is 0.305. The minimum atomic E-state index is 0.691. The molecule has 6 heteroatoms. The summed E-state index contributed by atoms with van der Waals surface area (Å²) in [4.78, 5) is 14.3. The van der Waals surface area contributed by atoms with Gasteiger partial charge in [0.15, 0.2) is 0 Å². The van der Waals surface area contributed by atoms with Crippen LogP contribution in [0.4, 0.5) is 5.82 Å². The highest BCUT2D eigenvalue weighted by molar-refractivity contribution is 5.58. The number of hydrogen-bond donors (Lipinski definition) is 0. The molecule has 4 heterocycles. The predicted molar refractivity (Wildman–Crippen MR) is 108 cm³/mol. The molecular formula is C22H25N5O. The second kappa shape index (κ2) is 7.02. The van der Waals surface area contributed by atoms with Gasteiger partial charge in [-0.05, 0) is 25.7 Å². The minimum absolute atomic E-state index is 0.691. The number of benzene rings is 1. The lowest BCUT2D eigenvalue weighted by Crippen LogP contribution is -2.29. The first kappa shape index (κ1) is 17.4. The highest BCUT2D eigenvalue weighted by Crippen LogP contribution is 2.34. The SMILES string of the molecule is Cc1noc(C)c1CN1CC2CN(c3cnc(-c4ccccc4)cn3)CC2C1. The first-order valence-electron chi connectivity index (χ1n) is 9.94. The van der Waals surface area contributed by atoms with Gasteiger partial charge in [-0.2, -0.15) is 0 Å². The van der Waals surface area contributed by atoms with E-state index < -0.39 is 0 Å². The van der Waals surface area contributed by atoms with Gasteiger partial charge < -0.3 is 9.42 Å². The summed E-state index contributed by atoms with van der Waals surface area (Å²) in [5, 5.41) is 4.09. The van der Waals surface area contributed by atoms with Crippen LogP contribution in [0.3, 0.4) is 0 Å². The van der Waals surface area contributed by atoms with E-state index >= 15 is 0 Å². The summed E-state index contributed by atoms with van der Waals surface area (Å²) in [6.45, 7) is 9.35. The van der Waals surface area contributed by atoms with E-state index in [4.69, 9.17) is 9.51 Å². The second-order valence-corrected chi connectivity index (χ2v) is 8.05. The van der Waals surface area contributed by atoms with Gasteiger partial charge in [0.05, 0.1) is 23.8 Å². The Balaban J connectivity index is 1.22. The highest BCUT2D eigenvalue weighted by Gasteiger charge is 2.40. The average Bonchev–Trinajstić information content (AvgIpc) is 3.38. The Morgan fingerprint density at radius 1 is 0.964 bits per heavy atom. The molecule has 2 aliphatic rings. The Morgan fingerprint density at radius 3 is 2.32 bits per heavy atom. The van der Waals surface area contributed by atoms with Crippen molar-refractivity contribution in [3.8, 4) is 11.3 Å². The fourth-order valence-corrected chi connectivity index (χ4v) is 4.60. The summed E-state index contributed by atoms with van der Waals surface area (Å²) < 4.78 is 5.32. The van der Waals surface area contributed by atoms with E-state index in [1.54, 1.807) is 0 Å². The third kappa shape index (κ3) is 3.18. The number of aromatic nitrogens is 3. The third-order valence-electron chi connectivity index (χ3n) is 6.16. The average molecular weight is 375 g/mol. The Bertz CT molecular complexity index is 919. The molecule has 2 atom stereocenters. The van der Waals surface area contributed by atoms with E-state index in [1.165, 1.54) is 5.56 Å². The van der Waals surface area contributed by atoms with Crippen molar-refractivity contribution in [2.75, 3.05) is 31.1 Å². The van der Waals surface area contributed by atoms with E-state index in [0.717, 1.165) is 61.3 Å². The first-order valence-corrected chi connectivity index (χ1v) is 9.94. The normalized spacial score (nSPS) is 22.0. The van der Waals surface area contributed by atoms with Crippen LogP contribution in [0, 0.1) is 25.7 Å². The molecule has 2 unspecified atom stereocenters. The molecule has 0 saturated carbocycles. The fourth-order valence-electron chi connectivity index (χ4n) is 4.60. The molecule has 0 spiro atoms. The van der Waals surface area contributed by atoms with Gasteiger partial charge in [-0.15, -0.1) is 0 Å². The molecule has 6 nitrogen and oxygen atoms in total. The molecule has 2 aliphatic heterocycles. The van der Waals surface area contributed by atoms with Crippen LogP contribution in [0.15, 0.2) is 47.2 Å². The van der Waals surface area contributed by atoms with Crippen molar-refractivity contribution in [2.24, 2.45) is 11.8 Å². The summed E-state index contributed by atoms with van der Waals surface area (Å²) in [5.41, 5.74) is 4.30. The molecule has 1 aromatic carbocycles. The Kier molecular flexibility index (Phi) is 4.36. The van der Waals surface area contributed by atoms with Crippen molar-refractivity contribution in [3.63, 3.8) is 0 Å². The van der Waals surface area contributed by atoms with Gasteiger partial charge in [-0.3, -0.25) is 9.88 Å². The minimum Gasteiger partial charge on any atom is -0.361 e. The van der Waals surface area contributed by atoms with Gasteiger partial charge in [0.2, 0.25) is 0 Å². The quantitative estimate of drug-likeness (QED) is 0.697. The van der Waals surface area contributed by atoms with Crippen molar-refractivity contribution in [1.82, 2.24) is 20.0 Å². The number of aryl methyl sites for hydroxylation is 2. The zero-order valence-corrected chi connectivity index (χ0v) is 16.4. The topological polar surface area (TPSA) is 58.3 Å². The summed E-state index contributed by atoms with van der Waals surface area (Å²) >= 11 is 0. The maximum atomic E-state index is 5.32. The lowest BCUT2D eigenvalue weighted by Gasteiger charge is -2.22. The van der Waals surface area contributed by atoms with Crippen LogP contribution in [-0.2, 0) is 6.54 Å². The summed E-state index contributed by atoms with van der Waals surface area (Å²) in [5.74, 6) is 3.32. The smallest absolute Gasteiger partial charge is 0.147 e. The first-order chi connectivity index (χ1) is 13.7. The number of rotatable bonds is 4. The van der Waals surface area contributed by atoms with Crippen LogP contribution in [0.1, 0.15) is 17.0 Å². The van der Waals surface area contributed by atoms with Crippen LogP contribution in [0.2, 0.25) is 0 Å². The van der Waals surface area contributed by atoms with E-state index in [9.17, 15) is 0 Å². The van der Waals surface area contributed by atoms with Crippen LogP contribution < -0.4 is 4.90 Å². The molecule has 0 aliphatic carbocycles. The summed E-state index contributed by atoms with van der Waals surface area (Å²) in [6.07, 6.45) is 3.81. The molecule has 3 aromatic rings. The van der Waals surface area contributed by atoms with Crippen LogP contribution >= 0.6 is 0 Å². The van der Waals surface area contributed by atoms with Crippen LogP contribution in [-0.4, -0.2) is 46.2 Å². The highest BCUT2D eigenvalue weighted by atomic mass is 16.5. The molecule has 0 amide bonds. The van der Waals surface area contributed by atoms with Crippen LogP contribution in [0.25, 0.3) is 11.3 Å². The molecule has 0 N–H and O–H groups in total. The van der Waals surface area contributed by atoms with Crippen molar-refractivity contribution in [3.05, 3.63) is 59.7 Å². The number of hydrogen-bond acceptors (Lipinski definition) is 6. The molecule has 2 saturated heterocycles. The molecule has 0 bridgehead atoms. The summed E-state index contributed by atoms with van der Waals surface area (Å²) in [6, 6.07) is 10.2. The maximum Gasteiger partial charge on any atom is 0.147 e. The third-order valence-corrected chi connectivity index (χ3v) is 6.16. The zero-order chi connectivity index (χ0) is 19.1. The predicted octanol–water partition coefficient (Wildman–Crippen LogP) is 3.32. The molecule has 5 rings (SSSR count). The van der Waals surface area contributed by atoms with Gasteiger partial charge >= 0.3 is 0 Å². The van der Waals surface area contributed by atoms with E-state index in [2.05, 4.69) is 32.1 Å². The largest absolute Gasteiger partial charge is 0.361 e. The van der Waals surface area contributed by atoms with Crippen molar-refractivity contribution >= 4 is 5.82 Å². The fraction of sp³-hybridized carbons (Fsp3) is 0.409. The summed E-state index contributed by atoms with van der Waals surface area (Å²) in [7, 11) is 0. The molecule has 144 valence electrons. The molecule has 2 aromatic heterocycles. The number of anilines is 1. The maximum absolute atomic E-state index is 5.32. The second-order valence-electron chi connectivity index (χ2n) is 8.05. The number of fused-ring (bicyclic) bond motifs is 1. The Morgan fingerprint density at radius 2 is 1.71 bits per heavy atom. The lowest BCUT2D eigenvalue weighted by atomic mass is 10.0. The molecule has 2 fully saturated rings. The van der Waals surface area contributed by atoms with Crippen molar-refractivity contribution < 1.29 is 4.52 Å². The van der Waals surface area contributed by atoms with Gasteiger partial charge in [-0.25, -0.2) is 4.98 Å².